The average Bonchev–Trinajstić information content (AvgIpc) is 3.23. The predicted molar refractivity (Wildman–Crippen MR) is 151 cm³/mol. The van der Waals surface area contributed by atoms with Gasteiger partial charge in [0.25, 0.3) is 0 Å². The Hall–Kier alpha value is -3.58. The molecule has 5 rings (SSSR count). The van der Waals surface area contributed by atoms with Gasteiger partial charge in [0.2, 0.25) is 5.60 Å². The maximum Gasteiger partial charge on any atom is 0.459 e. The van der Waals surface area contributed by atoms with Gasteiger partial charge in [-0.2, -0.15) is 15.4 Å². The maximum absolute atomic E-state index is 14.2. The molecular weight excluding hydrogens is 603 g/mol. The Morgan fingerprint density at radius 1 is 1.33 bits per heavy atom. The molecule has 1 aromatic carbocycles. The predicted octanol–water partition coefficient (Wildman–Crippen LogP) is 1.34. The van der Waals surface area contributed by atoms with Crippen LogP contribution in [0.25, 0.3) is 5.52 Å². The quantitative estimate of drug-likeness (QED) is 0.189. The lowest BCUT2D eigenvalue weighted by atomic mass is 9.83. The first kappa shape index (κ1) is 30.9. The average molecular weight is 635 g/mol. The summed E-state index contributed by atoms with van der Waals surface area (Å²) in [6, 6.07) is 11.9. The Kier molecular flexibility index (Phi) is 8.01. The second kappa shape index (κ2) is 11.2. The molecule has 3 aromatic rings. The van der Waals surface area contributed by atoms with E-state index in [1.54, 1.807) is 44.2 Å². The third-order valence-electron chi connectivity index (χ3n) is 7.61. The number of benzene rings is 1. The van der Waals surface area contributed by atoms with Crippen molar-refractivity contribution < 1.29 is 41.4 Å². The van der Waals surface area contributed by atoms with Crippen LogP contribution in [0, 0.1) is 17.2 Å². The molecule has 1 saturated carbocycles. The number of nitrogens with zero attached hydrogens (tertiary/aromatic N) is 4. The molecular formula is C26H31N6O9PS. The van der Waals surface area contributed by atoms with Crippen molar-refractivity contribution >= 4 is 34.9 Å². The normalized spacial score (nSPS) is 28.4. The number of fused-ring (bicyclic) bond motifs is 2. The van der Waals surface area contributed by atoms with E-state index >= 15 is 0 Å². The first-order valence-corrected chi connectivity index (χ1v) is 16.9. The summed E-state index contributed by atoms with van der Waals surface area (Å²) in [7, 11) is -8.05. The van der Waals surface area contributed by atoms with E-state index in [9.17, 15) is 28.1 Å². The van der Waals surface area contributed by atoms with Crippen LogP contribution in [0.3, 0.4) is 0 Å². The number of nitrogen functional groups attached to an aromatic ring is 1. The third kappa shape index (κ3) is 5.60. The molecule has 1 saturated heterocycles. The van der Waals surface area contributed by atoms with Crippen molar-refractivity contribution in [3.63, 3.8) is 0 Å². The van der Waals surface area contributed by atoms with Crippen molar-refractivity contribution in [1.29, 1.82) is 5.26 Å². The Balaban J connectivity index is 1.44. The molecule has 2 fully saturated rings. The summed E-state index contributed by atoms with van der Waals surface area (Å²) >= 11 is 0. The number of anilines is 1. The number of aromatic nitrogens is 3. The van der Waals surface area contributed by atoms with E-state index in [2.05, 4.69) is 21.2 Å². The van der Waals surface area contributed by atoms with Crippen molar-refractivity contribution in [3.05, 3.63) is 54.5 Å². The highest BCUT2D eigenvalue weighted by molar-refractivity contribution is 7.90. The number of carbonyl (C=O) groups excluding carboxylic acids is 1. The first-order valence-electron chi connectivity index (χ1n) is 13.3. The number of hydrogen-bond acceptors (Lipinski definition) is 13. The van der Waals surface area contributed by atoms with Crippen LogP contribution in [0.15, 0.2) is 48.8 Å². The lowest BCUT2D eigenvalue weighted by Gasteiger charge is -2.32. The van der Waals surface area contributed by atoms with Crippen LogP contribution in [0.2, 0.25) is 0 Å². The zero-order chi connectivity index (χ0) is 31.2. The summed E-state index contributed by atoms with van der Waals surface area (Å²) in [6.07, 6.45) is -0.447. The van der Waals surface area contributed by atoms with Gasteiger partial charge in [-0.05, 0) is 37.6 Å². The molecule has 0 bridgehead atoms. The minimum atomic E-state index is -4.54. The first-order chi connectivity index (χ1) is 20.3. The van der Waals surface area contributed by atoms with Crippen molar-refractivity contribution in [2.24, 2.45) is 5.92 Å². The fourth-order valence-electron chi connectivity index (χ4n) is 5.29. The van der Waals surface area contributed by atoms with E-state index in [4.69, 9.17) is 24.3 Å². The fourth-order valence-corrected chi connectivity index (χ4v) is 7.71. The highest BCUT2D eigenvalue weighted by atomic mass is 32.2. The number of nitrogens with one attached hydrogen (secondary N) is 1. The van der Waals surface area contributed by atoms with Crippen LogP contribution < -0.4 is 15.3 Å². The van der Waals surface area contributed by atoms with Crippen LogP contribution in [-0.4, -0.2) is 76.6 Å². The van der Waals surface area contributed by atoms with Crippen molar-refractivity contribution in [2.45, 2.75) is 49.7 Å². The number of esters is 1. The van der Waals surface area contributed by atoms with Crippen molar-refractivity contribution in [2.75, 3.05) is 24.3 Å². The molecule has 1 aliphatic heterocycles. The number of carbonyl (C=O) groups is 1. The van der Waals surface area contributed by atoms with E-state index in [0.717, 1.165) is 6.26 Å². The van der Waals surface area contributed by atoms with Gasteiger partial charge < -0.3 is 24.8 Å². The standard InChI is InChI=1S/C26H31N6O9PS/c1-4-38-24(33)18(12-13-43(3,36)37)31-42(35,40-17-8-6-5-7-9-17)41-22-21-26(22,34)16(2)25(14-27,39-21)20-11-10-19-23(28)29-15-30-32(19)20/h5-11,15-16,18,21-22,34H,4,12-13H2,1-3H3,(H,31,35)(H2,28,29,30)/t16-,18+,21-,22?,25-,26+,42?/m1/s1. The molecule has 2 aliphatic rings. The van der Waals surface area contributed by atoms with Gasteiger partial charge in [0.1, 0.15) is 57.4 Å². The van der Waals surface area contributed by atoms with Crippen molar-refractivity contribution in [1.82, 2.24) is 19.7 Å². The second-order valence-electron chi connectivity index (χ2n) is 10.4. The van der Waals surface area contributed by atoms with Gasteiger partial charge >= 0.3 is 13.7 Å². The Morgan fingerprint density at radius 2 is 2.05 bits per heavy atom. The summed E-state index contributed by atoms with van der Waals surface area (Å²) in [5.41, 5.74) is 3.19. The number of rotatable bonds is 12. The van der Waals surface area contributed by atoms with E-state index in [-0.39, 0.29) is 24.6 Å². The van der Waals surface area contributed by atoms with Gasteiger partial charge in [-0.15, -0.1) is 0 Å². The highest BCUT2D eigenvalue weighted by Crippen LogP contribution is 2.66. The maximum atomic E-state index is 14.2. The zero-order valence-corrected chi connectivity index (χ0v) is 25.2. The van der Waals surface area contributed by atoms with Gasteiger partial charge in [-0.1, -0.05) is 25.1 Å². The molecule has 1 aliphatic carbocycles. The van der Waals surface area contributed by atoms with E-state index in [0.29, 0.717) is 11.2 Å². The van der Waals surface area contributed by atoms with Gasteiger partial charge in [-0.3, -0.25) is 9.32 Å². The van der Waals surface area contributed by atoms with Gasteiger partial charge in [0.05, 0.1) is 18.1 Å². The van der Waals surface area contributed by atoms with Crippen LogP contribution in [0.4, 0.5) is 5.82 Å². The molecule has 0 radical (unpaired) electrons. The Bertz CT molecular complexity index is 1730. The number of hydrogen-bond donors (Lipinski definition) is 3. The number of para-hydroxylation sites is 1. The third-order valence-corrected chi connectivity index (χ3v) is 10.2. The lowest BCUT2D eigenvalue weighted by molar-refractivity contribution is -0.145. The van der Waals surface area contributed by atoms with Crippen molar-refractivity contribution in [3.8, 4) is 11.8 Å². The molecule has 15 nitrogen and oxygen atoms in total. The molecule has 0 spiro atoms. The topological polar surface area (TPSA) is 217 Å². The number of nitrogens with two attached hydrogens (primary N) is 1. The Morgan fingerprint density at radius 3 is 2.65 bits per heavy atom. The molecule has 2 unspecified atom stereocenters. The number of sulfone groups is 1. The Labute approximate surface area is 247 Å². The lowest BCUT2D eigenvalue weighted by Crippen LogP contribution is -2.43. The van der Waals surface area contributed by atoms with E-state index < -0.39 is 64.7 Å². The summed E-state index contributed by atoms with van der Waals surface area (Å²) in [4.78, 5) is 16.7. The zero-order valence-electron chi connectivity index (χ0n) is 23.5. The summed E-state index contributed by atoms with van der Waals surface area (Å²) in [6.45, 7) is 3.13. The summed E-state index contributed by atoms with van der Waals surface area (Å²) in [5.74, 6) is -1.93. The highest BCUT2D eigenvalue weighted by Gasteiger charge is 2.82. The smallest absolute Gasteiger partial charge is 0.459 e. The van der Waals surface area contributed by atoms with Gasteiger partial charge in [0, 0.05) is 12.2 Å². The number of ether oxygens (including phenoxy) is 2. The second-order valence-corrected chi connectivity index (χ2v) is 14.3. The molecule has 3 heterocycles. The molecule has 7 atom stereocenters. The van der Waals surface area contributed by atoms with Gasteiger partial charge in [0.15, 0.2) is 5.82 Å². The fraction of sp³-hybridized carbons (Fsp3) is 0.462. The SMILES string of the molecule is CCOC(=O)[C@H](CCS(C)(=O)=O)NP(=O)(Oc1ccccc1)OC1[C@H]2O[C@@](C#N)(c3ccc4c(N)ncnn34)[C@@H](C)[C@@]12O. The molecule has 230 valence electrons. The molecule has 43 heavy (non-hydrogen) atoms. The van der Waals surface area contributed by atoms with E-state index in [1.807, 2.05) is 0 Å². The monoisotopic (exact) mass is 634 g/mol. The molecule has 2 aromatic heterocycles. The molecule has 4 N–H and O–H groups in total. The number of aliphatic hydroxyl groups is 1. The van der Waals surface area contributed by atoms with Crippen LogP contribution >= 0.6 is 7.75 Å². The summed E-state index contributed by atoms with van der Waals surface area (Å²) < 4.78 is 62.1. The van der Waals surface area contributed by atoms with Crippen LogP contribution in [0.5, 0.6) is 5.75 Å². The minimum Gasteiger partial charge on any atom is -0.465 e. The van der Waals surface area contributed by atoms with E-state index in [1.165, 1.54) is 23.0 Å². The molecule has 17 heteroatoms. The van der Waals surface area contributed by atoms with Gasteiger partial charge in [-0.25, -0.2) is 22.5 Å². The van der Waals surface area contributed by atoms with Crippen LogP contribution in [-0.2, 0) is 38.8 Å². The van der Waals surface area contributed by atoms with Crippen LogP contribution in [0.1, 0.15) is 26.0 Å². The molecule has 0 amide bonds. The number of nitriles is 1. The largest absolute Gasteiger partial charge is 0.465 e. The minimum absolute atomic E-state index is 0.0162. The summed E-state index contributed by atoms with van der Waals surface area (Å²) in [5, 5.41) is 28.7.